The summed E-state index contributed by atoms with van der Waals surface area (Å²) >= 11 is 0. The van der Waals surface area contributed by atoms with E-state index in [2.05, 4.69) is 20.9 Å². The summed E-state index contributed by atoms with van der Waals surface area (Å²) in [5.41, 5.74) is 21.8. The molecular weight excluding hydrogens is 476 g/mol. The van der Waals surface area contributed by atoms with Gasteiger partial charge < -0.3 is 49.1 Å². The number of unbranched alkanes of at least 4 members (excludes halogenated alkanes) is 1. The Morgan fingerprint density at radius 2 is 1.33 bits per heavy atom. The van der Waals surface area contributed by atoms with Crippen LogP contribution >= 0.6 is 0 Å². The van der Waals surface area contributed by atoms with E-state index >= 15 is 0 Å². The Bertz CT molecular complexity index is 786. The summed E-state index contributed by atoms with van der Waals surface area (Å²) < 4.78 is 0. The van der Waals surface area contributed by atoms with Gasteiger partial charge in [-0.15, -0.1) is 0 Å². The lowest BCUT2D eigenvalue weighted by atomic mass is 10.0. The molecule has 0 aliphatic rings. The Morgan fingerprint density at radius 3 is 1.83 bits per heavy atom. The number of hydrogen-bond acceptors (Lipinski definition) is 8. The van der Waals surface area contributed by atoms with Gasteiger partial charge in [0.1, 0.15) is 18.1 Å². The van der Waals surface area contributed by atoms with Crippen LogP contribution in [0.25, 0.3) is 0 Å². The summed E-state index contributed by atoms with van der Waals surface area (Å²) in [6.07, 6.45) is 0.538. The van der Waals surface area contributed by atoms with E-state index < -0.39 is 60.2 Å². The Hall–Kier alpha value is -3.46. The highest BCUT2D eigenvalue weighted by Gasteiger charge is 2.31. The molecule has 4 atom stereocenters. The van der Waals surface area contributed by atoms with Gasteiger partial charge in [-0.05, 0) is 44.6 Å². The fraction of sp³-hybridized carbons (Fsp3) is 0.714. The SMILES string of the molecule is CC(C)C(N)C(=O)NC(CCCN=C(N)N)C(=O)NC(CC(=O)O)C(=O)NC(CCCCN)C(=O)O. The molecule has 0 saturated heterocycles. The van der Waals surface area contributed by atoms with Crippen molar-refractivity contribution >= 4 is 35.6 Å². The Labute approximate surface area is 209 Å². The number of rotatable bonds is 18. The number of nitrogens with two attached hydrogens (primary N) is 4. The summed E-state index contributed by atoms with van der Waals surface area (Å²) in [5, 5.41) is 25.6. The predicted molar refractivity (Wildman–Crippen MR) is 131 cm³/mol. The van der Waals surface area contributed by atoms with Crippen molar-refractivity contribution < 1.29 is 34.2 Å². The van der Waals surface area contributed by atoms with Gasteiger partial charge in [-0.2, -0.15) is 0 Å². The molecule has 13 N–H and O–H groups in total. The van der Waals surface area contributed by atoms with E-state index in [-0.39, 0.29) is 37.7 Å². The number of amides is 3. The van der Waals surface area contributed by atoms with Crippen molar-refractivity contribution in [1.82, 2.24) is 16.0 Å². The normalized spacial score (nSPS) is 14.1. The lowest BCUT2D eigenvalue weighted by Gasteiger charge is -2.25. The van der Waals surface area contributed by atoms with Crippen LogP contribution in [-0.2, 0) is 24.0 Å². The maximum absolute atomic E-state index is 13.0. The molecule has 0 aromatic heterocycles. The number of aliphatic carboxylic acids is 2. The van der Waals surface area contributed by atoms with Crippen LogP contribution in [0, 0.1) is 5.92 Å². The summed E-state index contributed by atoms with van der Waals surface area (Å²) in [6, 6.07) is -4.99. The molecule has 3 amide bonds. The number of guanidine groups is 1. The third-order valence-electron chi connectivity index (χ3n) is 5.17. The number of hydrogen-bond donors (Lipinski definition) is 9. The fourth-order valence-electron chi connectivity index (χ4n) is 3.02. The van der Waals surface area contributed by atoms with Crippen molar-refractivity contribution in [2.75, 3.05) is 13.1 Å². The third kappa shape index (κ3) is 13.4. The first-order chi connectivity index (χ1) is 16.8. The van der Waals surface area contributed by atoms with Gasteiger partial charge >= 0.3 is 11.9 Å². The number of carboxylic acids is 2. The van der Waals surface area contributed by atoms with Gasteiger partial charge in [0.05, 0.1) is 12.5 Å². The Kier molecular flexibility index (Phi) is 15.4. The van der Waals surface area contributed by atoms with Crippen LogP contribution in [-0.4, -0.2) is 83.1 Å². The number of nitrogens with zero attached hydrogens (tertiary/aromatic N) is 1. The van der Waals surface area contributed by atoms with Crippen LogP contribution < -0.4 is 38.9 Å². The van der Waals surface area contributed by atoms with E-state index in [4.69, 9.17) is 22.9 Å². The second kappa shape index (κ2) is 17.0. The van der Waals surface area contributed by atoms with E-state index in [0.717, 1.165) is 0 Å². The third-order valence-corrected chi connectivity index (χ3v) is 5.17. The second-order valence-corrected chi connectivity index (χ2v) is 8.62. The van der Waals surface area contributed by atoms with Crippen molar-refractivity contribution in [1.29, 1.82) is 0 Å². The lowest BCUT2D eigenvalue weighted by molar-refractivity contribution is -0.143. The minimum Gasteiger partial charge on any atom is -0.481 e. The van der Waals surface area contributed by atoms with Crippen molar-refractivity contribution in [2.24, 2.45) is 33.8 Å². The largest absolute Gasteiger partial charge is 0.481 e. The van der Waals surface area contributed by atoms with Crippen LogP contribution in [0.1, 0.15) is 52.4 Å². The molecule has 15 heteroatoms. The number of carboxylic acid groups (broad SMARTS) is 2. The molecule has 4 unspecified atom stereocenters. The zero-order valence-corrected chi connectivity index (χ0v) is 20.7. The van der Waals surface area contributed by atoms with Gasteiger partial charge in [0.2, 0.25) is 17.7 Å². The van der Waals surface area contributed by atoms with Crippen LogP contribution in [0.4, 0.5) is 0 Å². The zero-order valence-electron chi connectivity index (χ0n) is 20.7. The summed E-state index contributed by atoms with van der Waals surface area (Å²) in [5.74, 6) is -5.55. The van der Waals surface area contributed by atoms with E-state index in [1.165, 1.54) is 0 Å². The number of aliphatic imine (C=N–C) groups is 1. The minimum atomic E-state index is -1.60. The molecule has 0 spiro atoms. The quantitative estimate of drug-likeness (QED) is 0.0508. The molecule has 0 aliphatic carbocycles. The van der Waals surface area contributed by atoms with E-state index in [0.29, 0.717) is 19.4 Å². The number of carbonyl (C=O) groups excluding carboxylic acids is 3. The Balaban J connectivity index is 5.58. The smallest absolute Gasteiger partial charge is 0.326 e. The maximum atomic E-state index is 13.0. The van der Waals surface area contributed by atoms with Gasteiger partial charge in [-0.25, -0.2) is 4.79 Å². The first-order valence-electron chi connectivity index (χ1n) is 11.7. The second-order valence-electron chi connectivity index (χ2n) is 8.62. The minimum absolute atomic E-state index is 0.0530. The summed E-state index contributed by atoms with van der Waals surface area (Å²) in [4.78, 5) is 64.8. The zero-order chi connectivity index (χ0) is 27.8. The molecule has 0 heterocycles. The van der Waals surface area contributed by atoms with Crippen LogP contribution in [0.2, 0.25) is 0 Å². The first-order valence-corrected chi connectivity index (χ1v) is 11.7. The van der Waals surface area contributed by atoms with Gasteiger partial charge in [-0.3, -0.25) is 24.2 Å². The van der Waals surface area contributed by atoms with Crippen LogP contribution in [0.15, 0.2) is 4.99 Å². The van der Waals surface area contributed by atoms with Crippen molar-refractivity contribution in [3.05, 3.63) is 0 Å². The van der Waals surface area contributed by atoms with Gasteiger partial charge in [0, 0.05) is 6.54 Å². The highest BCUT2D eigenvalue weighted by Crippen LogP contribution is 2.06. The molecular formula is C21H40N8O7. The lowest BCUT2D eigenvalue weighted by Crippen LogP contribution is -2.57. The maximum Gasteiger partial charge on any atom is 0.326 e. The summed E-state index contributed by atoms with van der Waals surface area (Å²) in [7, 11) is 0. The van der Waals surface area contributed by atoms with Crippen LogP contribution in [0.3, 0.4) is 0 Å². The molecule has 0 rings (SSSR count). The van der Waals surface area contributed by atoms with Crippen molar-refractivity contribution in [3.63, 3.8) is 0 Å². The Morgan fingerprint density at radius 1 is 0.806 bits per heavy atom. The highest BCUT2D eigenvalue weighted by atomic mass is 16.4. The predicted octanol–water partition coefficient (Wildman–Crippen LogP) is -2.83. The molecule has 0 aromatic carbocycles. The average Bonchev–Trinajstić information content (AvgIpc) is 2.78. The molecule has 15 nitrogen and oxygen atoms in total. The molecule has 0 bridgehead atoms. The first kappa shape index (κ1) is 32.5. The fourth-order valence-corrected chi connectivity index (χ4v) is 3.02. The van der Waals surface area contributed by atoms with Crippen molar-refractivity contribution in [3.8, 4) is 0 Å². The van der Waals surface area contributed by atoms with Gasteiger partial charge in [-0.1, -0.05) is 13.8 Å². The van der Waals surface area contributed by atoms with Gasteiger partial charge in [0.25, 0.3) is 0 Å². The molecule has 0 saturated carbocycles. The van der Waals surface area contributed by atoms with Gasteiger partial charge in [0.15, 0.2) is 5.96 Å². The molecule has 0 radical (unpaired) electrons. The molecule has 0 aliphatic heterocycles. The molecule has 206 valence electrons. The van der Waals surface area contributed by atoms with Crippen LogP contribution in [0.5, 0.6) is 0 Å². The van der Waals surface area contributed by atoms with E-state index in [1.807, 2.05) is 0 Å². The number of carbonyl (C=O) groups is 5. The summed E-state index contributed by atoms with van der Waals surface area (Å²) in [6.45, 7) is 3.94. The highest BCUT2D eigenvalue weighted by molar-refractivity contribution is 5.95. The standard InChI is InChI=1S/C21H40N8O7/c1-11(2)16(23)19(34)27-12(7-5-9-26-21(24)25)17(32)29-14(10-15(30)31)18(33)28-13(20(35)36)6-3-4-8-22/h11-14,16H,3-10,22-23H2,1-2H3,(H,27,34)(H,28,33)(H,29,32)(H,30,31)(H,35,36)(H4,24,25,26). The topological polar surface area (TPSA) is 278 Å². The van der Waals surface area contributed by atoms with Crippen molar-refractivity contribution in [2.45, 2.75) is 76.5 Å². The number of nitrogens with one attached hydrogen (secondary N) is 3. The average molecular weight is 517 g/mol. The molecule has 0 aromatic rings. The monoisotopic (exact) mass is 516 g/mol. The molecule has 36 heavy (non-hydrogen) atoms. The van der Waals surface area contributed by atoms with E-state index in [1.54, 1.807) is 13.8 Å². The molecule has 0 fully saturated rings. The van der Waals surface area contributed by atoms with E-state index in [9.17, 15) is 34.2 Å².